The minimum atomic E-state index is -0.756. The van der Waals surface area contributed by atoms with E-state index in [9.17, 15) is 0 Å². The molecule has 5 fully saturated rings. The van der Waals surface area contributed by atoms with E-state index in [1.807, 2.05) is 198 Å². The number of fused-ring (bicyclic) bond motifs is 6. The van der Waals surface area contributed by atoms with Crippen molar-refractivity contribution in [3.63, 3.8) is 0 Å². The van der Waals surface area contributed by atoms with Gasteiger partial charge in [-0.3, -0.25) is 0 Å². The summed E-state index contributed by atoms with van der Waals surface area (Å²) in [5.41, 5.74) is 6.29. The summed E-state index contributed by atoms with van der Waals surface area (Å²) in [6, 6.07) is 39.2. The molecule has 5 aliphatic heterocycles. The molecule has 6 aromatic heterocycles. The molecule has 0 radical (unpaired) electrons. The van der Waals surface area contributed by atoms with Crippen LogP contribution in [-0.2, 0) is 55.2 Å². The Labute approximate surface area is 542 Å². The Morgan fingerprint density at radius 2 is 0.923 bits per heavy atom. The van der Waals surface area contributed by atoms with Crippen molar-refractivity contribution in [2.45, 2.75) is 129 Å². The fourth-order valence-corrected chi connectivity index (χ4v) is 12.3. The Bertz CT molecular complexity index is 3940. The third-order valence-electron chi connectivity index (χ3n) is 16.0. The maximum Gasteiger partial charge on any atom is 0.426 e. The molecule has 5 saturated heterocycles. The molecular formula is C64H66B3Cl3N10O11. The molecule has 91 heavy (non-hydrogen) atoms. The van der Waals surface area contributed by atoms with Crippen LogP contribution in [0.1, 0.15) is 57.0 Å². The number of rotatable bonds is 14. The Morgan fingerprint density at radius 3 is 1.40 bits per heavy atom. The molecule has 15 rings (SSSR count). The Balaban J connectivity index is 0.000000146. The number of hydrogen-bond donors (Lipinski definition) is 2. The molecular weight excluding hydrogens is 1220 g/mol. The zero-order valence-electron chi connectivity index (χ0n) is 51.2. The minimum Gasteiger partial charge on any atom is -0.491 e. The van der Waals surface area contributed by atoms with Crippen molar-refractivity contribution < 1.29 is 51.6 Å². The number of hydrogen-bond acceptors (Lipinski definition) is 19. The van der Waals surface area contributed by atoms with Gasteiger partial charge in [0.15, 0.2) is 24.0 Å². The molecule has 10 aromatic rings. The highest BCUT2D eigenvalue weighted by Crippen LogP contribution is 2.46. The van der Waals surface area contributed by atoms with Crippen LogP contribution in [0.25, 0.3) is 43.9 Å². The topological polar surface area (TPSA) is 213 Å². The molecule has 0 saturated carbocycles. The maximum atomic E-state index is 6.52. The van der Waals surface area contributed by atoms with Gasteiger partial charge in [0.2, 0.25) is 0 Å². The predicted molar refractivity (Wildman–Crippen MR) is 350 cm³/mol. The molecule has 0 bridgehead atoms. The van der Waals surface area contributed by atoms with E-state index in [0.29, 0.717) is 47.0 Å². The van der Waals surface area contributed by atoms with E-state index in [-0.39, 0.29) is 64.6 Å². The van der Waals surface area contributed by atoms with Crippen LogP contribution in [0.2, 0.25) is 35.7 Å². The largest absolute Gasteiger partial charge is 0.491 e. The Morgan fingerprint density at radius 1 is 0.505 bits per heavy atom. The molecule has 11 heterocycles. The molecule has 4 aromatic carbocycles. The monoisotopic (exact) mass is 1290 g/mol. The van der Waals surface area contributed by atoms with Crippen LogP contribution in [0.3, 0.4) is 0 Å². The fraction of sp³-hybridized carbons (Fsp3) is 0.344. The number of ether oxygens (including phenoxy) is 8. The van der Waals surface area contributed by atoms with Gasteiger partial charge in [-0.05, 0) is 151 Å². The number of aryl methyl sites for hydroxylation is 1. The van der Waals surface area contributed by atoms with Crippen LogP contribution in [0.15, 0.2) is 146 Å². The van der Waals surface area contributed by atoms with Gasteiger partial charge < -0.3 is 71.4 Å². The van der Waals surface area contributed by atoms with Gasteiger partial charge in [-0.15, -0.1) is 0 Å². The highest BCUT2D eigenvalue weighted by Gasteiger charge is 2.58. The van der Waals surface area contributed by atoms with Gasteiger partial charge in [0.1, 0.15) is 102 Å². The van der Waals surface area contributed by atoms with Crippen molar-refractivity contribution in [2.24, 2.45) is 0 Å². The molecule has 5 aliphatic rings. The van der Waals surface area contributed by atoms with Crippen molar-refractivity contribution in [1.82, 2.24) is 39.0 Å². The van der Waals surface area contributed by atoms with E-state index in [1.165, 1.54) is 6.33 Å². The van der Waals surface area contributed by atoms with Crippen molar-refractivity contribution in [2.75, 3.05) is 23.8 Å². The number of benzene rings is 4. The van der Waals surface area contributed by atoms with Crippen LogP contribution in [0.5, 0.6) is 11.5 Å². The Hall–Kier alpha value is -7.16. The van der Waals surface area contributed by atoms with Crippen LogP contribution in [-0.4, -0.2) is 122 Å². The molecule has 0 spiro atoms. The average molecular weight is 1290 g/mol. The summed E-state index contributed by atoms with van der Waals surface area (Å²) >= 11 is 18.3. The zero-order valence-corrected chi connectivity index (χ0v) is 53.5. The first-order chi connectivity index (χ1) is 43.8. The van der Waals surface area contributed by atoms with Gasteiger partial charge in [0.25, 0.3) is 0 Å². The number of aromatic nitrogens is 8. The second kappa shape index (κ2) is 26.5. The molecule has 0 aliphatic carbocycles. The van der Waals surface area contributed by atoms with Gasteiger partial charge in [-0.2, -0.15) is 0 Å². The second-order valence-corrected chi connectivity index (χ2v) is 24.8. The molecule has 0 unspecified atom stereocenters. The van der Waals surface area contributed by atoms with Gasteiger partial charge in [0, 0.05) is 63.8 Å². The quantitative estimate of drug-likeness (QED) is 0.0765. The molecule has 2 N–H and O–H groups in total. The van der Waals surface area contributed by atoms with Gasteiger partial charge in [-0.25, -0.2) is 29.9 Å². The van der Waals surface area contributed by atoms with E-state index in [0.717, 1.165) is 71.7 Å². The standard InChI is InChI=1S/C31H30ClN5O4.C30H27Cl2N5O4.C3H9B3O3/c1-18-23-12-13-37(29(23)35-17-34-18)30-28-27(40-31(2,3)41-28)25(39-30)16-38-22-10-6-20-7-11-26(36-24(20)14-22)33-15-19-4-8-21(32)9-5-19;1-30(2)40-25-23(39-29(26(25)41-30)37-12-11-21-27(32)34-16-35-28(21)37)15-38-20-9-5-18-6-10-24(36-22(18)13-20)33-14-17-3-7-19(31)8-4-17;1-4-7-5(2)9-6(3)8-4/h4-14,17,25,27-28,30H,15-16H2,1-3H3,(H,33,36);3-13,16,23,25-26,29H,14-15H2,1-2H3,(H,33,36);1-3H3/t25-,27-,28-,30-;23-,25-,26-,29-;/m11./s1. The van der Waals surface area contributed by atoms with Crippen molar-refractivity contribution in [1.29, 1.82) is 0 Å². The number of nitrogens with zero attached hydrogens (tertiary/aromatic N) is 8. The lowest BCUT2D eigenvalue weighted by Gasteiger charge is -2.25. The lowest BCUT2D eigenvalue weighted by atomic mass is 9.74. The number of anilines is 2. The van der Waals surface area contributed by atoms with E-state index < -0.39 is 24.0 Å². The highest BCUT2D eigenvalue weighted by atomic mass is 35.5. The third-order valence-corrected chi connectivity index (χ3v) is 16.9. The smallest absolute Gasteiger partial charge is 0.426 e. The summed E-state index contributed by atoms with van der Waals surface area (Å²) in [6.07, 6.45) is 4.00. The van der Waals surface area contributed by atoms with Crippen molar-refractivity contribution >= 4 is 112 Å². The average Bonchev–Trinajstić information content (AvgIpc) is 1.61. The van der Waals surface area contributed by atoms with E-state index in [2.05, 4.69) is 30.6 Å². The first-order valence-electron chi connectivity index (χ1n) is 30.1. The summed E-state index contributed by atoms with van der Waals surface area (Å²) in [5, 5.41) is 12.3. The van der Waals surface area contributed by atoms with Crippen LogP contribution in [0, 0.1) is 6.92 Å². The van der Waals surface area contributed by atoms with E-state index >= 15 is 0 Å². The van der Waals surface area contributed by atoms with Crippen LogP contribution in [0.4, 0.5) is 11.6 Å². The highest BCUT2D eigenvalue weighted by molar-refractivity contribution is 6.72. The van der Waals surface area contributed by atoms with Crippen molar-refractivity contribution in [3.05, 3.63) is 178 Å². The zero-order chi connectivity index (χ0) is 63.1. The van der Waals surface area contributed by atoms with Crippen LogP contribution >= 0.6 is 34.8 Å². The molecule has 0 amide bonds. The summed E-state index contributed by atoms with van der Waals surface area (Å²) in [6.45, 7) is 17.1. The normalized spacial score (nSPS) is 23.0. The first-order valence-corrected chi connectivity index (χ1v) is 31.3. The first kappa shape index (κ1) is 62.6. The van der Waals surface area contributed by atoms with E-state index in [1.54, 1.807) is 6.33 Å². The molecule has 21 nitrogen and oxygen atoms in total. The lowest BCUT2D eigenvalue weighted by Crippen LogP contribution is -2.44. The lowest BCUT2D eigenvalue weighted by molar-refractivity contribution is -0.199. The fourth-order valence-electron chi connectivity index (χ4n) is 11.9. The molecule has 27 heteroatoms. The number of nitrogens with one attached hydrogen (secondary N) is 2. The van der Waals surface area contributed by atoms with Crippen LogP contribution < -0.4 is 20.1 Å². The second-order valence-electron chi connectivity index (χ2n) is 23.6. The summed E-state index contributed by atoms with van der Waals surface area (Å²) in [4.78, 5) is 26.9. The number of halogens is 3. The summed E-state index contributed by atoms with van der Waals surface area (Å²) in [5.74, 6) is 1.46. The molecule has 8 atom stereocenters. The van der Waals surface area contributed by atoms with Gasteiger partial charge in [0.05, 0.1) is 22.1 Å². The van der Waals surface area contributed by atoms with Gasteiger partial charge in [-0.1, -0.05) is 59.1 Å². The minimum absolute atomic E-state index is 0.135. The van der Waals surface area contributed by atoms with E-state index in [4.69, 9.17) is 96.4 Å². The summed E-state index contributed by atoms with van der Waals surface area (Å²) < 4.78 is 69.9. The SMILES string of the molecule is CB1OB(C)OB(C)O1.CC1(C)O[C@@H]2[C@H](O1)[C@@H](COc1ccc3ccc(NCc4ccc(Cl)cc4)nc3c1)O[C@H]2n1ccc2c(Cl)ncnc21.Cc1ncnc2c1ccn2[C@@H]1O[C@H](COc2ccc3ccc(NCc4ccc(Cl)cc4)nc3c2)[C@H]2OC(C)(C)O[C@H]21. The summed E-state index contributed by atoms with van der Waals surface area (Å²) in [7, 11) is -0.406. The maximum absolute atomic E-state index is 6.52. The van der Waals surface area contributed by atoms with Gasteiger partial charge >= 0.3 is 21.4 Å². The third kappa shape index (κ3) is 14.3. The molecule has 468 valence electrons. The predicted octanol–water partition coefficient (Wildman–Crippen LogP) is 12.8. The Kier molecular flexibility index (Phi) is 18.2. The number of pyridine rings is 2. The van der Waals surface area contributed by atoms with Crippen molar-refractivity contribution in [3.8, 4) is 11.5 Å².